The van der Waals surface area contributed by atoms with E-state index in [-0.39, 0.29) is 0 Å². The van der Waals surface area contributed by atoms with Crippen LogP contribution in [0, 0.1) is 19.8 Å². The minimum absolute atomic E-state index is 0.369. The van der Waals surface area contributed by atoms with Crippen LogP contribution in [0.3, 0.4) is 0 Å². The van der Waals surface area contributed by atoms with Gasteiger partial charge in [0, 0.05) is 0 Å². The molecule has 0 amide bonds. The van der Waals surface area contributed by atoms with Gasteiger partial charge in [-0.15, -0.1) is 0 Å². The van der Waals surface area contributed by atoms with E-state index >= 15 is 0 Å². The lowest BCUT2D eigenvalue weighted by molar-refractivity contribution is 0.0696. The molecule has 0 atom stereocenters. The van der Waals surface area contributed by atoms with E-state index in [1.54, 1.807) is 6.07 Å². The topological polar surface area (TPSA) is 37.3 Å². The second kappa shape index (κ2) is 10.4. The zero-order valence-electron chi connectivity index (χ0n) is 20.9. The summed E-state index contributed by atoms with van der Waals surface area (Å²) in [5.41, 5.74) is 11.8. The molecule has 176 valence electrons. The normalized spacial score (nSPS) is 13.7. The lowest BCUT2D eigenvalue weighted by atomic mass is 9.85. The molecular formula is C32H36O2. The van der Waals surface area contributed by atoms with Crippen LogP contribution in [0.5, 0.6) is 0 Å². The highest BCUT2D eigenvalue weighted by atomic mass is 16.4. The van der Waals surface area contributed by atoms with Crippen molar-refractivity contribution in [1.82, 2.24) is 0 Å². The highest BCUT2D eigenvalue weighted by Crippen LogP contribution is 2.41. The summed E-state index contributed by atoms with van der Waals surface area (Å²) in [7, 11) is 0. The fraction of sp³-hybridized carbons (Fsp3) is 0.344. The molecule has 0 saturated heterocycles. The Hall–Kier alpha value is -3.13. The van der Waals surface area contributed by atoms with Crippen molar-refractivity contribution in [3.05, 3.63) is 105 Å². The van der Waals surface area contributed by atoms with Crippen molar-refractivity contribution in [3.63, 3.8) is 0 Å². The molecule has 0 fully saturated rings. The van der Waals surface area contributed by atoms with Crippen molar-refractivity contribution in [1.29, 1.82) is 0 Å². The molecule has 1 aliphatic rings. The van der Waals surface area contributed by atoms with E-state index in [0.717, 1.165) is 37.2 Å². The number of hydrogen-bond donors (Lipinski definition) is 1. The summed E-state index contributed by atoms with van der Waals surface area (Å²) in [5, 5.41) is 9.56. The first kappa shape index (κ1) is 24.0. The quantitative estimate of drug-likeness (QED) is 0.391. The molecular weight excluding hydrogens is 416 g/mol. The van der Waals surface area contributed by atoms with Crippen LogP contribution in [0.1, 0.15) is 88.8 Å². The maximum Gasteiger partial charge on any atom is 0.335 e. The molecule has 3 aromatic rings. The number of fused-ring (bicyclic) bond motifs is 1. The van der Waals surface area contributed by atoms with Gasteiger partial charge in [0.2, 0.25) is 0 Å². The van der Waals surface area contributed by atoms with Crippen molar-refractivity contribution in [2.45, 2.75) is 66.2 Å². The fourth-order valence-corrected chi connectivity index (χ4v) is 5.39. The van der Waals surface area contributed by atoms with Crippen LogP contribution in [0.2, 0.25) is 0 Å². The number of hydrogen-bond acceptors (Lipinski definition) is 1. The largest absolute Gasteiger partial charge is 0.478 e. The summed E-state index contributed by atoms with van der Waals surface area (Å²) < 4.78 is 0. The van der Waals surface area contributed by atoms with Crippen LogP contribution in [0.4, 0.5) is 0 Å². The Kier molecular flexibility index (Phi) is 7.36. The van der Waals surface area contributed by atoms with Crippen LogP contribution >= 0.6 is 0 Å². The average Bonchev–Trinajstić information content (AvgIpc) is 3.02. The molecule has 0 unspecified atom stereocenters. The molecule has 0 aromatic heterocycles. The third-order valence-electron chi connectivity index (χ3n) is 7.42. The molecule has 34 heavy (non-hydrogen) atoms. The second-order valence-corrected chi connectivity index (χ2v) is 9.79. The highest BCUT2D eigenvalue weighted by Gasteiger charge is 2.22. The van der Waals surface area contributed by atoms with Gasteiger partial charge in [-0.2, -0.15) is 0 Å². The van der Waals surface area contributed by atoms with Gasteiger partial charge < -0.3 is 5.11 Å². The zero-order valence-corrected chi connectivity index (χ0v) is 20.9. The van der Waals surface area contributed by atoms with Gasteiger partial charge in [-0.05, 0) is 102 Å². The van der Waals surface area contributed by atoms with E-state index in [2.05, 4.69) is 70.2 Å². The zero-order chi connectivity index (χ0) is 24.2. The highest BCUT2D eigenvalue weighted by molar-refractivity contribution is 6.01. The van der Waals surface area contributed by atoms with Crippen molar-refractivity contribution in [2.75, 3.05) is 0 Å². The number of carbonyl (C=O) groups is 1. The summed E-state index contributed by atoms with van der Waals surface area (Å²) in [6, 6.07) is 21.5. The monoisotopic (exact) mass is 452 g/mol. The molecule has 0 aliphatic heterocycles. The maximum absolute atomic E-state index is 11.6. The molecule has 0 radical (unpaired) electrons. The van der Waals surface area contributed by atoms with Gasteiger partial charge in [-0.25, -0.2) is 4.79 Å². The first-order valence-corrected chi connectivity index (χ1v) is 12.7. The molecule has 2 heteroatoms. The van der Waals surface area contributed by atoms with E-state index in [1.165, 1.54) is 57.4 Å². The third-order valence-corrected chi connectivity index (χ3v) is 7.42. The predicted molar refractivity (Wildman–Crippen MR) is 142 cm³/mol. The van der Waals surface area contributed by atoms with Crippen LogP contribution in [-0.2, 0) is 12.8 Å². The molecule has 3 aromatic carbocycles. The number of carboxylic acid groups (broad SMARTS) is 1. The molecule has 4 rings (SSSR count). The molecule has 1 N–H and O–H groups in total. The van der Waals surface area contributed by atoms with Crippen LogP contribution in [-0.4, -0.2) is 11.1 Å². The summed E-state index contributed by atoms with van der Waals surface area (Å²) in [6.07, 6.45) is 6.41. The number of benzene rings is 3. The molecule has 0 bridgehead atoms. The number of aryl methyl sites for hydroxylation is 3. The summed E-state index contributed by atoms with van der Waals surface area (Å²) in [4.78, 5) is 11.6. The van der Waals surface area contributed by atoms with E-state index in [9.17, 15) is 9.90 Å². The first-order valence-electron chi connectivity index (χ1n) is 12.7. The smallest absolute Gasteiger partial charge is 0.335 e. The van der Waals surface area contributed by atoms with Crippen molar-refractivity contribution in [2.24, 2.45) is 5.92 Å². The van der Waals surface area contributed by atoms with E-state index in [0.29, 0.717) is 5.56 Å². The molecule has 2 nitrogen and oxygen atoms in total. The van der Waals surface area contributed by atoms with Crippen LogP contribution in [0.25, 0.3) is 11.1 Å². The van der Waals surface area contributed by atoms with Gasteiger partial charge in [0.05, 0.1) is 5.56 Å². The summed E-state index contributed by atoms with van der Waals surface area (Å²) >= 11 is 0. The van der Waals surface area contributed by atoms with Crippen LogP contribution < -0.4 is 0 Å². The van der Waals surface area contributed by atoms with Gasteiger partial charge in [0.15, 0.2) is 0 Å². The Morgan fingerprint density at radius 1 is 0.882 bits per heavy atom. The third kappa shape index (κ3) is 5.01. The fourth-order valence-electron chi connectivity index (χ4n) is 5.39. The van der Waals surface area contributed by atoms with E-state index < -0.39 is 5.97 Å². The summed E-state index contributed by atoms with van der Waals surface area (Å²) in [6.45, 7) is 8.89. The SMILES string of the molecule is CCC(CC)Cc1ccc(C2=C(c3ccc(C)cc3C)CCCc3cc(C(=O)O)ccc32)cc1. The lowest BCUT2D eigenvalue weighted by Gasteiger charge is -2.19. The van der Waals surface area contributed by atoms with Gasteiger partial charge in [-0.3, -0.25) is 0 Å². The Labute approximate surface area is 204 Å². The van der Waals surface area contributed by atoms with Gasteiger partial charge in [0.25, 0.3) is 0 Å². The number of aromatic carboxylic acids is 1. The Balaban J connectivity index is 1.89. The van der Waals surface area contributed by atoms with Crippen molar-refractivity contribution in [3.8, 4) is 0 Å². The Morgan fingerprint density at radius 3 is 2.24 bits per heavy atom. The van der Waals surface area contributed by atoms with Gasteiger partial charge in [-0.1, -0.05) is 80.8 Å². The summed E-state index contributed by atoms with van der Waals surface area (Å²) in [5.74, 6) is -0.137. The van der Waals surface area contributed by atoms with Gasteiger partial charge >= 0.3 is 5.97 Å². The van der Waals surface area contributed by atoms with Crippen LogP contribution in [0.15, 0.2) is 60.7 Å². The minimum Gasteiger partial charge on any atom is -0.478 e. The van der Waals surface area contributed by atoms with Gasteiger partial charge in [0.1, 0.15) is 0 Å². The molecule has 0 saturated carbocycles. The standard InChI is InChI=1S/C32H36O2/c1-5-23(6-2)19-24-11-13-25(14-12-24)31-29-17-15-27(32(33)34)20-26(29)8-7-9-30(31)28-16-10-21(3)18-22(28)4/h10-18,20,23H,5-9,19H2,1-4H3,(H,33,34). The Bertz CT molecular complexity index is 1210. The second-order valence-electron chi connectivity index (χ2n) is 9.79. The number of allylic oxidation sites excluding steroid dienone is 1. The first-order chi connectivity index (χ1) is 16.4. The minimum atomic E-state index is -0.863. The maximum atomic E-state index is 11.6. The van der Waals surface area contributed by atoms with E-state index in [4.69, 9.17) is 0 Å². The molecule has 0 spiro atoms. The van der Waals surface area contributed by atoms with Crippen molar-refractivity contribution < 1.29 is 9.90 Å². The Morgan fingerprint density at radius 2 is 1.59 bits per heavy atom. The molecule has 0 heterocycles. The average molecular weight is 453 g/mol. The van der Waals surface area contributed by atoms with E-state index in [1.807, 2.05) is 12.1 Å². The van der Waals surface area contributed by atoms with Crippen molar-refractivity contribution >= 4 is 17.1 Å². The number of rotatable bonds is 7. The lowest BCUT2D eigenvalue weighted by Crippen LogP contribution is -2.03. The number of carboxylic acids is 1. The predicted octanol–water partition coefficient (Wildman–Crippen LogP) is 8.28. The molecule has 1 aliphatic carbocycles.